The highest BCUT2D eigenvalue weighted by molar-refractivity contribution is 5.57. The monoisotopic (exact) mass is 238 g/mol. The molecule has 2 heterocycles. The summed E-state index contributed by atoms with van der Waals surface area (Å²) in [6.07, 6.45) is 3.23. The summed E-state index contributed by atoms with van der Waals surface area (Å²) in [5, 5.41) is 6.72. The molecule has 0 radical (unpaired) electrons. The third-order valence-corrected chi connectivity index (χ3v) is 2.31. The Morgan fingerprint density at radius 1 is 1.47 bits per heavy atom. The summed E-state index contributed by atoms with van der Waals surface area (Å²) in [7, 11) is 1.70. The van der Waals surface area contributed by atoms with Gasteiger partial charge in [0.2, 0.25) is 0 Å². The minimum absolute atomic E-state index is 0.345. The molecule has 0 spiro atoms. The van der Waals surface area contributed by atoms with Gasteiger partial charge in [-0.15, -0.1) is 0 Å². The van der Waals surface area contributed by atoms with Gasteiger partial charge in [0.05, 0.1) is 11.4 Å². The van der Waals surface area contributed by atoms with E-state index in [-0.39, 0.29) is 0 Å². The lowest BCUT2D eigenvalue weighted by Crippen LogP contribution is -2.12. The van der Waals surface area contributed by atoms with Gasteiger partial charge >= 0.3 is 6.55 Å². The molecule has 0 bridgehead atoms. The molecule has 0 aliphatic heterocycles. The van der Waals surface area contributed by atoms with Gasteiger partial charge in [0.1, 0.15) is 0 Å². The zero-order chi connectivity index (χ0) is 12.3. The number of hydrogen-bond acceptors (Lipinski definition) is 3. The van der Waals surface area contributed by atoms with Crippen LogP contribution in [0.4, 0.5) is 8.78 Å². The van der Waals surface area contributed by atoms with E-state index in [2.05, 4.69) is 15.4 Å². The van der Waals surface area contributed by atoms with Gasteiger partial charge in [-0.25, -0.2) is 4.68 Å². The third-order valence-electron chi connectivity index (χ3n) is 2.31. The molecule has 0 saturated carbocycles. The smallest absolute Gasteiger partial charge is 0.314 e. The molecule has 6 heteroatoms. The van der Waals surface area contributed by atoms with Crippen molar-refractivity contribution in [2.45, 2.75) is 13.1 Å². The van der Waals surface area contributed by atoms with E-state index in [1.54, 1.807) is 37.6 Å². The zero-order valence-electron chi connectivity index (χ0n) is 9.27. The van der Waals surface area contributed by atoms with E-state index in [9.17, 15) is 8.78 Å². The average Bonchev–Trinajstić information content (AvgIpc) is 2.75. The molecule has 0 saturated heterocycles. The van der Waals surface area contributed by atoms with E-state index in [1.807, 2.05) is 0 Å². The van der Waals surface area contributed by atoms with Gasteiger partial charge in [-0.1, -0.05) is 0 Å². The maximum absolute atomic E-state index is 12.7. The van der Waals surface area contributed by atoms with Gasteiger partial charge in [0.15, 0.2) is 0 Å². The summed E-state index contributed by atoms with van der Waals surface area (Å²) >= 11 is 0. The van der Waals surface area contributed by atoms with Crippen LogP contribution in [0.3, 0.4) is 0 Å². The van der Waals surface area contributed by atoms with Gasteiger partial charge in [0.25, 0.3) is 0 Å². The van der Waals surface area contributed by atoms with Crippen LogP contribution in [0, 0.1) is 0 Å². The lowest BCUT2D eigenvalue weighted by Gasteiger charge is -2.04. The first kappa shape index (κ1) is 11.7. The van der Waals surface area contributed by atoms with Crippen molar-refractivity contribution in [3.8, 4) is 11.3 Å². The van der Waals surface area contributed by atoms with Crippen molar-refractivity contribution in [1.82, 2.24) is 20.1 Å². The van der Waals surface area contributed by atoms with Crippen molar-refractivity contribution >= 4 is 0 Å². The number of nitrogens with zero attached hydrogens (tertiary/aromatic N) is 3. The van der Waals surface area contributed by atoms with Crippen molar-refractivity contribution in [2.24, 2.45) is 0 Å². The highest BCUT2D eigenvalue weighted by Gasteiger charge is 2.15. The summed E-state index contributed by atoms with van der Waals surface area (Å²) in [4.78, 5) is 3.94. The molecule has 0 unspecified atom stereocenters. The summed E-state index contributed by atoms with van der Waals surface area (Å²) in [6.45, 7) is -2.29. The number of pyridine rings is 1. The van der Waals surface area contributed by atoms with E-state index in [4.69, 9.17) is 0 Å². The first-order valence-electron chi connectivity index (χ1n) is 5.14. The molecule has 0 aliphatic rings. The van der Waals surface area contributed by atoms with Crippen LogP contribution in [-0.2, 0) is 6.54 Å². The quantitative estimate of drug-likeness (QED) is 0.886. The maximum Gasteiger partial charge on any atom is 0.333 e. The van der Waals surface area contributed by atoms with Gasteiger partial charge in [-0.3, -0.25) is 4.98 Å². The number of hydrogen-bond donors (Lipinski definition) is 1. The molecule has 2 aromatic heterocycles. The molecule has 0 aromatic carbocycles. The Bertz CT molecular complexity index is 481. The molecule has 0 amide bonds. The SMILES string of the molecule is CNCc1cc(-c2cccnc2)nn1C(F)F. The largest absolute Gasteiger partial charge is 0.333 e. The van der Waals surface area contributed by atoms with Crippen LogP contribution in [0.15, 0.2) is 30.6 Å². The molecule has 90 valence electrons. The Hall–Kier alpha value is -1.82. The Labute approximate surface area is 97.3 Å². The van der Waals surface area contributed by atoms with Crippen LogP contribution in [-0.4, -0.2) is 21.8 Å². The highest BCUT2D eigenvalue weighted by Crippen LogP contribution is 2.21. The number of alkyl halides is 2. The molecule has 1 N–H and O–H groups in total. The Morgan fingerprint density at radius 3 is 2.88 bits per heavy atom. The van der Waals surface area contributed by atoms with Crippen LogP contribution in [0.5, 0.6) is 0 Å². The fourth-order valence-corrected chi connectivity index (χ4v) is 1.57. The molecular weight excluding hydrogens is 226 g/mol. The van der Waals surface area contributed by atoms with Crippen molar-refractivity contribution in [3.63, 3.8) is 0 Å². The topological polar surface area (TPSA) is 42.7 Å². The standard InChI is InChI=1S/C11H12F2N4/c1-14-7-9-5-10(16-17(9)11(12)13)8-3-2-4-15-6-8/h2-6,11,14H,7H2,1H3. The molecule has 2 rings (SSSR count). The second kappa shape index (κ2) is 5.01. The molecule has 2 aromatic rings. The van der Waals surface area contributed by atoms with E-state index >= 15 is 0 Å². The minimum atomic E-state index is -2.64. The Balaban J connectivity index is 2.40. The summed E-state index contributed by atoms with van der Waals surface area (Å²) in [6, 6.07) is 5.17. The molecular formula is C11H12F2N4. The summed E-state index contributed by atoms with van der Waals surface area (Å²) in [5.41, 5.74) is 1.68. The number of aromatic nitrogens is 3. The minimum Gasteiger partial charge on any atom is -0.314 e. The second-order valence-electron chi connectivity index (χ2n) is 3.52. The van der Waals surface area contributed by atoms with Crippen LogP contribution in [0.25, 0.3) is 11.3 Å². The van der Waals surface area contributed by atoms with E-state index in [1.165, 1.54) is 0 Å². The molecule has 0 aliphatic carbocycles. The van der Waals surface area contributed by atoms with Crippen LogP contribution in [0.2, 0.25) is 0 Å². The van der Waals surface area contributed by atoms with E-state index in [0.29, 0.717) is 17.9 Å². The fraction of sp³-hybridized carbons (Fsp3) is 0.273. The lowest BCUT2D eigenvalue weighted by molar-refractivity contribution is 0.0534. The van der Waals surface area contributed by atoms with Gasteiger partial charge in [0, 0.05) is 24.5 Å². The maximum atomic E-state index is 12.7. The van der Waals surface area contributed by atoms with E-state index < -0.39 is 6.55 Å². The summed E-state index contributed by atoms with van der Waals surface area (Å²) < 4.78 is 26.2. The zero-order valence-corrected chi connectivity index (χ0v) is 9.27. The second-order valence-corrected chi connectivity index (χ2v) is 3.52. The lowest BCUT2D eigenvalue weighted by atomic mass is 10.2. The first-order valence-corrected chi connectivity index (χ1v) is 5.14. The number of halogens is 2. The van der Waals surface area contributed by atoms with Gasteiger partial charge < -0.3 is 5.32 Å². The van der Waals surface area contributed by atoms with Crippen molar-refractivity contribution in [1.29, 1.82) is 0 Å². The van der Waals surface area contributed by atoms with Crippen LogP contribution >= 0.6 is 0 Å². The molecule has 0 atom stereocenters. The third kappa shape index (κ3) is 2.47. The predicted octanol–water partition coefficient (Wildman–Crippen LogP) is 2.06. The normalized spacial score (nSPS) is 11.1. The van der Waals surface area contributed by atoms with Gasteiger partial charge in [-0.05, 0) is 25.2 Å². The molecule has 4 nitrogen and oxygen atoms in total. The van der Waals surface area contributed by atoms with Crippen LogP contribution < -0.4 is 5.32 Å². The van der Waals surface area contributed by atoms with E-state index in [0.717, 1.165) is 10.2 Å². The Morgan fingerprint density at radius 2 is 2.29 bits per heavy atom. The Kier molecular flexibility index (Phi) is 3.43. The van der Waals surface area contributed by atoms with Crippen LogP contribution in [0.1, 0.15) is 12.2 Å². The van der Waals surface area contributed by atoms with Crippen molar-refractivity contribution < 1.29 is 8.78 Å². The predicted molar refractivity (Wildman–Crippen MR) is 59.5 cm³/mol. The molecule has 17 heavy (non-hydrogen) atoms. The first-order chi connectivity index (χ1) is 8.22. The molecule has 0 fully saturated rings. The summed E-state index contributed by atoms with van der Waals surface area (Å²) in [5.74, 6) is 0. The fourth-order valence-electron chi connectivity index (χ4n) is 1.57. The number of rotatable bonds is 4. The van der Waals surface area contributed by atoms with Crippen molar-refractivity contribution in [2.75, 3.05) is 7.05 Å². The highest BCUT2D eigenvalue weighted by atomic mass is 19.3. The number of nitrogens with one attached hydrogen (secondary N) is 1. The average molecular weight is 238 g/mol. The van der Waals surface area contributed by atoms with Crippen molar-refractivity contribution in [3.05, 3.63) is 36.3 Å². The van der Waals surface area contributed by atoms with Gasteiger partial charge in [-0.2, -0.15) is 13.9 Å².